The van der Waals surface area contributed by atoms with E-state index in [9.17, 15) is 9.59 Å². The smallest absolute Gasteiger partial charge is 0.307 e. The van der Waals surface area contributed by atoms with E-state index < -0.39 is 6.10 Å². The zero-order valence-electron chi connectivity index (χ0n) is 16.5. The minimum absolute atomic E-state index is 0.151. The molecule has 0 unspecified atom stereocenters. The third-order valence-electron chi connectivity index (χ3n) is 6.99. The van der Waals surface area contributed by atoms with Gasteiger partial charge in [-0.3, -0.25) is 9.59 Å². The molecule has 5 rings (SSSR count). The molecule has 0 spiro atoms. The fourth-order valence-electron chi connectivity index (χ4n) is 6.17. The van der Waals surface area contributed by atoms with Crippen LogP contribution in [0.5, 0.6) is 0 Å². The molecule has 1 N–H and O–H groups in total. The second-order valence-corrected chi connectivity index (χ2v) is 9.27. The van der Waals surface area contributed by atoms with Gasteiger partial charge in [0, 0.05) is 5.69 Å². The summed E-state index contributed by atoms with van der Waals surface area (Å²) in [5, 5.41) is 2.84. The first kappa shape index (κ1) is 18.5. The van der Waals surface area contributed by atoms with E-state index in [1.165, 1.54) is 44.1 Å². The van der Waals surface area contributed by atoms with E-state index in [-0.39, 0.29) is 17.3 Å². The lowest BCUT2D eigenvalue weighted by atomic mass is 9.49. The first-order valence-corrected chi connectivity index (χ1v) is 10.5. The van der Waals surface area contributed by atoms with Gasteiger partial charge >= 0.3 is 5.97 Å². The van der Waals surface area contributed by atoms with Crippen molar-refractivity contribution in [3.05, 3.63) is 29.8 Å². The minimum Gasteiger partial charge on any atom is -0.453 e. The maximum atomic E-state index is 12.6. The molecule has 4 bridgehead atoms. The van der Waals surface area contributed by atoms with Crippen LogP contribution in [0.3, 0.4) is 0 Å². The van der Waals surface area contributed by atoms with Gasteiger partial charge in [-0.1, -0.05) is 19.1 Å². The quantitative estimate of drug-likeness (QED) is 0.738. The Hall–Kier alpha value is -1.84. The summed E-state index contributed by atoms with van der Waals surface area (Å²) < 4.78 is 5.52. The van der Waals surface area contributed by atoms with E-state index in [1.807, 2.05) is 24.3 Å². The average Bonchev–Trinajstić information content (AvgIpc) is 2.60. The number of rotatable bonds is 6. The molecular weight excluding hydrogens is 338 g/mol. The maximum absolute atomic E-state index is 12.6. The molecule has 4 aliphatic rings. The van der Waals surface area contributed by atoms with E-state index in [2.05, 4.69) is 12.2 Å². The number of hydrogen-bond acceptors (Lipinski definition) is 3. The lowest BCUT2D eigenvalue weighted by molar-refractivity contribution is -0.160. The third-order valence-corrected chi connectivity index (χ3v) is 6.99. The second kappa shape index (κ2) is 7.29. The normalized spacial score (nSPS) is 32.1. The van der Waals surface area contributed by atoms with Gasteiger partial charge in [0.2, 0.25) is 0 Å². The molecule has 4 fully saturated rings. The van der Waals surface area contributed by atoms with Crippen LogP contribution < -0.4 is 5.32 Å². The van der Waals surface area contributed by atoms with Crippen LogP contribution in [0.1, 0.15) is 64.4 Å². The Kier molecular flexibility index (Phi) is 5.00. The number of benzene rings is 1. The Morgan fingerprint density at radius 2 is 1.63 bits per heavy atom. The molecule has 4 aliphatic carbocycles. The monoisotopic (exact) mass is 369 g/mol. The van der Waals surface area contributed by atoms with Crippen molar-refractivity contribution in [3.8, 4) is 0 Å². The predicted octanol–water partition coefficient (Wildman–Crippen LogP) is 4.73. The van der Waals surface area contributed by atoms with Gasteiger partial charge in [0.1, 0.15) is 0 Å². The van der Waals surface area contributed by atoms with Crippen molar-refractivity contribution in [1.82, 2.24) is 0 Å². The molecule has 1 atom stereocenters. The summed E-state index contributed by atoms with van der Waals surface area (Å²) in [4.78, 5) is 25.0. The first-order valence-electron chi connectivity index (χ1n) is 10.5. The zero-order chi connectivity index (χ0) is 19.0. The summed E-state index contributed by atoms with van der Waals surface area (Å²) in [6.07, 6.45) is 8.32. The van der Waals surface area contributed by atoms with Crippen LogP contribution in [0.25, 0.3) is 0 Å². The SMILES string of the molecule is CCc1ccc(NC(=O)[C@H](C)OC(=O)CC23CC4CC(CC(C4)C2)C3)cc1. The standard InChI is InChI=1S/C23H31NO3/c1-3-16-4-6-20(7-5-16)24-22(26)15(2)27-21(25)14-23-11-17-8-18(12-23)10-19(9-17)13-23/h4-7,15,17-19H,3,8-14H2,1-2H3,(H,24,26)/t15-,17?,18?,19?,23?/m0/s1. The largest absolute Gasteiger partial charge is 0.453 e. The number of amides is 1. The minimum atomic E-state index is -0.766. The van der Waals surface area contributed by atoms with Crippen LogP contribution in [0.4, 0.5) is 5.69 Å². The van der Waals surface area contributed by atoms with Crippen molar-refractivity contribution in [2.45, 2.75) is 71.3 Å². The number of anilines is 1. The van der Waals surface area contributed by atoms with Gasteiger partial charge < -0.3 is 10.1 Å². The Balaban J connectivity index is 1.30. The Bertz CT molecular complexity index is 674. The highest BCUT2D eigenvalue weighted by atomic mass is 16.5. The molecular formula is C23H31NO3. The Morgan fingerprint density at radius 1 is 1.07 bits per heavy atom. The summed E-state index contributed by atoms with van der Waals surface area (Å²) in [6.45, 7) is 3.76. The fourth-order valence-corrected chi connectivity index (χ4v) is 6.17. The van der Waals surface area contributed by atoms with Crippen molar-refractivity contribution in [2.24, 2.45) is 23.2 Å². The number of hydrogen-bond donors (Lipinski definition) is 1. The second-order valence-electron chi connectivity index (χ2n) is 9.27. The van der Waals surface area contributed by atoms with Crippen molar-refractivity contribution in [3.63, 3.8) is 0 Å². The lowest BCUT2D eigenvalue weighted by Crippen LogP contribution is -2.47. The van der Waals surface area contributed by atoms with E-state index in [4.69, 9.17) is 4.74 Å². The molecule has 0 aliphatic heterocycles. The predicted molar refractivity (Wildman–Crippen MR) is 105 cm³/mol. The number of nitrogens with one attached hydrogen (secondary N) is 1. The van der Waals surface area contributed by atoms with Gasteiger partial charge in [0.25, 0.3) is 5.91 Å². The lowest BCUT2D eigenvalue weighted by Gasteiger charge is -2.56. The van der Waals surface area contributed by atoms with Crippen molar-refractivity contribution < 1.29 is 14.3 Å². The first-order chi connectivity index (χ1) is 12.9. The zero-order valence-corrected chi connectivity index (χ0v) is 16.5. The highest BCUT2D eigenvalue weighted by Crippen LogP contribution is 2.61. The Labute approximate surface area is 162 Å². The van der Waals surface area contributed by atoms with Crippen LogP contribution in [0.2, 0.25) is 0 Å². The highest BCUT2D eigenvalue weighted by molar-refractivity contribution is 5.95. The van der Waals surface area contributed by atoms with Gasteiger partial charge in [0.05, 0.1) is 6.42 Å². The molecule has 0 radical (unpaired) electrons. The molecule has 4 nitrogen and oxygen atoms in total. The third kappa shape index (κ3) is 4.04. The average molecular weight is 370 g/mol. The van der Waals surface area contributed by atoms with Crippen LogP contribution in [0.15, 0.2) is 24.3 Å². The Morgan fingerprint density at radius 3 is 2.15 bits per heavy atom. The molecule has 1 aromatic carbocycles. The van der Waals surface area contributed by atoms with E-state index in [1.54, 1.807) is 6.92 Å². The molecule has 0 aromatic heterocycles. The van der Waals surface area contributed by atoms with Gasteiger partial charge in [0.15, 0.2) is 6.10 Å². The summed E-state index contributed by atoms with van der Waals surface area (Å²) in [7, 11) is 0. The summed E-state index contributed by atoms with van der Waals surface area (Å²) in [6, 6.07) is 7.78. The topological polar surface area (TPSA) is 55.4 Å². The van der Waals surface area contributed by atoms with Gasteiger partial charge in [-0.05, 0) is 92.7 Å². The van der Waals surface area contributed by atoms with Gasteiger partial charge in [-0.15, -0.1) is 0 Å². The summed E-state index contributed by atoms with van der Waals surface area (Å²) in [5.74, 6) is 1.97. The van der Waals surface area contributed by atoms with Crippen LogP contribution in [0, 0.1) is 23.2 Å². The number of ether oxygens (including phenoxy) is 1. The molecule has 27 heavy (non-hydrogen) atoms. The van der Waals surface area contributed by atoms with Crippen LogP contribution >= 0.6 is 0 Å². The van der Waals surface area contributed by atoms with Crippen molar-refractivity contribution >= 4 is 17.6 Å². The number of carbonyl (C=O) groups is 2. The summed E-state index contributed by atoms with van der Waals surface area (Å²) >= 11 is 0. The van der Waals surface area contributed by atoms with E-state index in [0.717, 1.165) is 29.9 Å². The maximum Gasteiger partial charge on any atom is 0.307 e. The molecule has 0 saturated heterocycles. The van der Waals surface area contributed by atoms with E-state index >= 15 is 0 Å². The van der Waals surface area contributed by atoms with Crippen molar-refractivity contribution in [2.75, 3.05) is 5.32 Å². The molecule has 0 heterocycles. The van der Waals surface area contributed by atoms with Crippen LogP contribution in [-0.2, 0) is 20.7 Å². The number of carbonyl (C=O) groups excluding carboxylic acids is 2. The van der Waals surface area contributed by atoms with Crippen LogP contribution in [-0.4, -0.2) is 18.0 Å². The molecule has 4 heteroatoms. The van der Waals surface area contributed by atoms with Crippen molar-refractivity contribution in [1.29, 1.82) is 0 Å². The molecule has 1 aromatic rings. The van der Waals surface area contributed by atoms with Gasteiger partial charge in [-0.25, -0.2) is 0 Å². The highest BCUT2D eigenvalue weighted by Gasteiger charge is 2.51. The molecule has 1 amide bonds. The number of aryl methyl sites for hydroxylation is 1. The number of esters is 1. The molecule has 4 saturated carbocycles. The summed E-state index contributed by atoms with van der Waals surface area (Å²) in [5.41, 5.74) is 2.11. The van der Waals surface area contributed by atoms with E-state index in [0.29, 0.717) is 6.42 Å². The van der Waals surface area contributed by atoms with Gasteiger partial charge in [-0.2, -0.15) is 0 Å². The fraction of sp³-hybridized carbons (Fsp3) is 0.652. The molecule has 146 valence electrons.